The van der Waals surface area contributed by atoms with Crippen molar-refractivity contribution in [2.45, 2.75) is 82.1 Å². The molecule has 0 aromatic heterocycles. The molecule has 4 aromatic rings. The van der Waals surface area contributed by atoms with E-state index < -0.39 is 30.8 Å². The van der Waals surface area contributed by atoms with Gasteiger partial charge in [-0.05, 0) is 0 Å². The average molecular weight is 671 g/mol. The van der Waals surface area contributed by atoms with Crippen LogP contribution in [0.4, 0.5) is 0 Å². The molecule has 1 unspecified atom stereocenters. The van der Waals surface area contributed by atoms with E-state index in [2.05, 4.69) is 164 Å². The molecule has 0 heterocycles. The maximum atomic E-state index is 2.67. The van der Waals surface area contributed by atoms with Crippen LogP contribution in [0.1, 0.15) is 90.5 Å². The maximum absolute atomic E-state index is 2.67. The number of rotatable bonds is 5. The third-order valence-electron chi connectivity index (χ3n) is 9.24. The summed E-state index contributed by atoms with van der Waals surface area (Å²) in [5, 5.41) is 1.64. The fourth-order valence-electron chi connectivity index (χ4n) is 7.06. The van der Waals surface area contributed by atoms with Gasteiger partial charge in [0.25, 0.3) is 0 Å². The van der Waals surface area contributed by atoms with Crippen molar-refractivity contribution in [3.05, 3.63) is 142 Å². The molecule has 0 radical (unpaired) electrons. The quantitative estimate of drug-likeness (QED) is 0.185. The third kappa shape index (κ3) is 5.86. The second-order valence-electron chi connectivity index (χ2n) is 15.7. The summed E-state index contributed by atoms with van der Waals surface area (Å²) in [5.41, 5.74) is 15.3. The molecule has 2 heteroatoms. The van der Waals surface area contributed by atoms with Crippen molar-refractivity contribution in [1.29, 1.82) is 0 Å². The van der Waals surface area contributed by atoms with E-state index in [0.29, 0.717) is 3.63 Å². The molecular weight excluding hydrogens is 624 g/mol. The van der Waals surface area contributed by atoms with Crippen LogP contribution in [0.15, 0.2) is 103 Å². The fraction of sp³-hybridized carbons (Fsp3) is 0.310. The van der Waals surface area contributed by atoms with E-state index in [1.165, 1.54) is 33.4 Å². The van der Waals surface area contributed by atoms with E-state index in [1.807, 2.05) is 0 Å². The summed E-state index contributed by atoms with van der Waals surface area (Å²) in [6.07, 6.45) is 8.09. The zero-order valence-electron chi connectivity index (χ0n) is 28.1. The topological polar surface area (TPSA) is 0 Å². The SMILES string of the molecule is CC(C)(C)c1ccc2c(c1)[CH]([Zr]=[C](c1ccccc1)c1ccccc1)c1c-2cc([Si](C)(C)C)c(C(C)(C)C)c1C1=CC=CC1. The summed E-state index contributed by atoms with van der Waals surface area (Å²) in [7, 11) is -1.67. The molecule has 2 aliphatic rings. The molecule has 0 N–H and O–H groups in total. The van der Waals surface area contributed by atoms with Crippen LogP contribution in [0.2, 0.25) is 19.6 Å². The molecule has 1 atom stereocenters. The predicted molar refractivity (Wildman–Crippen MR) is 192 cm³/mol. The van der Waals surface area contributed by atoms with Crippen molar-refractivity contribution in [2.75, 3.05) is 0 Å². The van der Waals surface area contributed by atoms with Crippen LogP contribution in [0.25, 0.3) is 16.7 Å². The second-order valence-corrected chi connectivity index (χ2v) is 24.1. The Morgan fingerprint density at radius 3 is 1.84 bits per heavy atom. The number of hydrogen-bond donors (Lipinski definition) is 0. The predicted octanol–water partition coefficient (Wildman–Crippen LogP) is 10.6. The van der Waals surface area contributed by atoms with Crippen LogP contribution in [0.3, 0.4) is 0 Å². The Labute approximate surface area is 278 Å². The summed E-state index contributed by atoms with van der Waals surface area (Å²) in [6, 6.07) is 32.7. The molecule has 2 aliphatic carbocycles. The Kier molecular flexibility index (Phi) is 8.26. The normalized spacial score (nSPS) is 15.9. The van der Waals surface area contributed by atoms with E-state index in [1.54, 1.807) is 30.6 Å². The molecule has 0 fully saturated rings. The van der Waals surface area contributed by atoms with Crippen molar-refractivity contribution >= 4 is 22.0 Å². The summed E-state index contributed by atoms with van der Waals surface area (Å²) in [4.78, 5) is 0. The van der Waals surface area contributed by atoms with Crippen molar-refractivity contribution in [1.82, 2.24) is 0 Å². The van der Waals surface area contributed by atoms with Crippen molar-refractivity contribution in [2.24, 2.45) is 0 Å². The molecule has 0 amide bonds. The standard InChI is InChI=1S/C29H37Si.C13H10.Zr/c1-28(2,3)21-14-15-22-20(16-21)17-24-23(22)18-25(30(7,8)9)27(29(4,5)6)26(24)19-12-10-11-13-19;1-3-7-12(8-4-1)11-13-9-5-2-6-10-13;/h10-12,14-18H,13H2,1-9H3;1-10H;. The van der Waals surface area contributed by atoms with Gasteiger partial charge >= 0.3 is 280 Å². The van der Waals surface area contributed by atoms with Gasteiger partial charge in [-0.2, -0.15) is 0 Å². The van der Waals surface area contributed by atoms with E-state index >= 15 is 0 Å². The Balaban J connectivity index is 1.76. The van der Waals surface area contributed by atoms with Gasteiger partial charge in [-0.25, -0.2) is 0 Å². The molecule has 0 aliphatic heterocycles. The Morgan fingerprint density at radius 1 is 0.727 bits per heavy atom. The van der Waals surface area contributed by atoms with Gasteiger partial charge in [-0.3, -0.25) is 0 Å². The van der Waals surface area contributed by atoms with Crippen LogP contribution in [0, 0.1) is 0 Å². The molecular formula is C42H47SiZr. The van der Waals surface area contributed by atoms with Gasteiger partial charge in [0.05, 0.1) is 0 Å². The zero-order chi connectivity index (χ0) is 31.4. The minimum absolute atomic E-state index is 0.0513. The first kappa shape index (κ1) is 31.3. The number of hydrogen-bond acceptors (Lipinski definition) is 0. The first-order valence-corrected chi connectivity index (χ1v) is 22.4. The van der Waals surface area contributed by atoms with E-state index in [9.17, 15) is 0 Å². The van der Waals surface area contributed by atoms with E-state index in [0.717, 1.165) is 6.42 Å². The van der Waals surface area contributed by atoms with Gasteiger partial charge in [0.2, 0.25) is 0 Å². The van der Waals surface area contributed by atoms with Gasteiger partial charge < -0.3 is 0 Å². The fourth-order valence-corrected chi connectivity index (χ4v) is 13.3. The molecule has 0 spiro atoms. The van der Waals surface area contributed by atoms with Gasteiger partial charge in [0.15, 0.2) is 0 Å². The Bertz CT molecular complexity index is 1760. The third-order valence-corrected chi connectivity index (χ3v) is 15.6. The van der Waals surface area contributed by atoms with Gasteiger partial charge in [0, 0.05) is 0 Å². The van der Waals surface area contributed by atoms with Crippen molar-refractivity contribution in [3.8, 4) is 11.1 Å². The number of fused-ring (bicyclic) bond motifs is 3. The van der Waals surface area contributed by atoms with Gasteiger partial charge in [0.1, 0.15) is 0 Å². The van der Waals surface area contributed by atoms with Gasteiger partial charge in [-0.1, -0.05) is 0 Å². The second kappa shape index (κ2) is 11.6. The zero-order valence-corrected chi connectivity index (χ0v) is 31.6. The minimum atomic E-state index is -1.67. The molecule has 223 valence electrons. The molecule has 0 nitrogen and oxygen atoms in total. The van der Waals surface area contributed by atoms with Crippen LogP contribution < -0.4 is 5.19 Å². The molecule has 0 bridgehead atoms. The van der Waals surface area contributed by atoms with Crippen LogP contribution in [-0.2, 0) is 33.6 Å². The number of benzene rings is 4. The van der Waals surface area contributed by atoms with Crippen LogP contribution in [-0.4, -0.2) is 11.3 Å². The summed E-state index contributed by atoms with van der Waals surface area (Å²) >= 11 is -1.25. The molecule has 4 aromatic carbocycles. The molecule has 0 saturated heterocycles. The van der Waals surface area contributed by atoms with Crippen LogP contribution >= 0.6 is 0 Å². The number of allylic oxidation sites excluding steroid dienone is 4. The van der Waals surface area contributed by atoms with E-state index in [4.69, 9.17) is 0 Å². The van der Waals surface area contributed by atoms with Crippen LogP contribution in [0.5, 0.6) is 0 Å². The molecule has 6 rings (SSSR count). The van der Waals surface area contributed by atoms with Gasteiger partial charge in [-0.15, -0.1) is 0 Å². The Hall–Kier alpha value is -2.67. The summed E-state index contributed by atoms with van der Waals surface area (Å²) in [5.74, 6) is 0. The van der Waals surface area contributed by atoms with Crippen molar-refractivity contribution < 1.29 is 22.8 Å². The monoisotopic (exact) mass is 669 g/mol. The Morgan fingerprint density at radius 2 is 1.34 bits per heavy atom. The molecule has 44 heavy (non-hydrogen) atoms. The summed E-state index contributed by atoms with van der Waals surface area (Å²) < 4.78 is 2.03. The first-order chi connectivity index (χ1) is 20.7. The van der Waals surface area contributed by atoms with Crippen molar-refractivity contribution in [3.63, 3.8) is 0 Å². The first-order valence-electron chi connectivity index (χ1n) is 16.2. The summed E-state index contributed by atoms with van der Waals surface area (Å²) in [6.45, 7) is 22.0. The van der Waals surface area contributed by atoms with E-state index in [-0.39, 0.29) is 10.8 Å². The average Bonchev–Trinajstić information content (AvgIpc) is 3.61. The molecule has 0 saturated carbocycles.